The first-order valence-electron chi connectivity index (χ1n) is 5.52. The third kappa shape index (κ3) is 3.55. The second-order valence-electron chi connectivity index (χ2n) is 3.77. The third-order valence-corrected chi connectivity index (χ3v) is 4.54. The highest BCUT2D eigenvalue weighted by molar-refractivity contribution is 9.10. The van der Waals surface area contributed by atoms with E-state index in [2.05, 4.69) is 32.7 Å². The smallest absolute Gasteiger partial charge is 0.143 e. The Morgan fingerprint density at radius 1 is 1.21 bits per heavy atom. The van der Waals surface area contributed by atoms with Crippen LogP contribution in [0.25, 0.3) is 0 Å². The molecule has 6 heteroatoms. The van der Waals surface area contributed by atoms with Crippen molar-refractivity contribution in [1.29, 1.82) is 0 Å². The Balaban J connectivity index is 2.18. The highest BCUT2D eigenvalue weighted by Crippen LogP contribution is 2.36. The van der Waals surface area contributed by atoms with Crippen LogP contribution in [0.5, 0.6) is 11.5 Å². The van der Waals surface area contributed by atoms with E-state index in [1.807, 2.05) is 6.07 Å². The van der Waals surface area contributed by atoms with Gasteiger partial charge in [0, 0.05) is 33.4 Å². The van der Waals surface area contributed by atoms with Crippen LogP contribution in [-0.2, 0) is 6.54 Å². The average molecular weight is 363 g/mol. The molecule has 3 nitrogen and oxygen atoms in total. The van der Waals surface area contributed by atoms with E-state index in [1.165, 1.54) is 4.88 Å². The Morgan fingerprint density at radius 2 is 1.95 bits per heavy atom. The van der Waals surface area contributed by atoms with Crippen molar-refractivity contribution in [1.82, 2.24) is 0 Å². The second kappa shape index (κ2) is 6.50. The van der Waals surface area contributed by atoms with Crippen molar-refractivity contribution in [2.75, 3.05) is 19.5 Å². The largest absolute Gasteiger partial charge is 0.495 e. The molecule has 0 radical (unpaired) electrons. The van der Waals surface area contributed by atoms with E-state index in [1.54, 1.807) is 31.6 Å². The van der Waals surface area contributed by atoms with Crippen molar-refractivity contribution in [2.24, 2.45) is 0 Å². The second-order valence-corrected chi connectivity index (χ2v) is 6.09. The maximum absolute atomic E-state index is 6.06. The number of halogens is 2. The Morgan fingerprint density at radius 3 is 2.53 bits per heavy atom. The molecule has 0 aliphatic carbocycles. The average Bonchev–Trinajstić information content (AvgIpc) is 2.82. The summed E-state index contributed by atoms with van der Waals surface area (Å²) >= 11 is 11.2. The molecule has 0 spiro atoms. The van der Waals surface area contributed by atoms with Gasteiger partial charge in [0.1, 0.15) is 11.5 Å². The van der Waals surface area contributed by atoms with Crippen LogP contribution in [-0.4, -0.2) is 14.2 Å². The van der Waals surface area contributed by atoms with Crippen LogP contribution >= 0.6 is 38.9 Å². The quantitative estimate of drug-likeness (QED) is 0.829. The fraction of sp³-hybridized carbons (Fsp3) is 0.231. The van der Waals surface area contributed by atoms with Gasteiger partial charge in [-0.2, -0.15) is 0 Å². The lowest BCUT2D eigenvalue weighted by molar-refractivity contribution is 0.404. The van der Waals surface area contributed by atoms with Crippen LogP contribution in [0.3, 0.4) is 0 Å². The minimum absolute atomic E-state index is 0.531. The van der Waals surface area contributed by atoms with Crippen LogP contribution in [0.1, 0.15) is 4.88 Å². The maximum Gasteiger partial charge on any atom is 0.143 e. The first-order chi connectivity index (χ1) is 9.13. The molecule has 0 saturated heterocycles. The molecule has 0 saturated carbocycles. The summed E-state index contributed by atoms with van der Waals surface area (Å²) in [5, 5.41) is 5.91. The molecular weight excluding hydrogens is 350 g/mol. The number of rotatable bonds is 5. The number of thiophene rings is 1. The van der Waals surface area contributed by atoms with Crippen molar-refractivity contribution in [3.63, 3.8) is 0 Å². The topological polar surface area (TPSA) is 30.5 Å². The number of anilines is 1. The van der Waals surface area contributed by atoms with Crippen LogP contribution in [0.4, 0.5) is 5.69 Å². The number of benzene rings is 1. The summed E-state index contributed by atoms with van der Waals surface area (Å²) in [5.74, 6) is 1.32. The first-order valence-corrected chi connectivity index (χ1v) is 7.57. The molecule has 1 aromatic carbocycles. The summed E-state index contributed by atoms with van der Waals surface area (Å²) in [6.07, 6.45) is 0. The first kappa shape index (κ1) is 14.5. The summed E-state index contributed by atoms with van der Waals surface area (Å²) in [7, 11) is 3.21. The summed E-state index contributed by atoms with van der Waals surface area (Å²) in [6.45, 7) is 0.720. The molecule has 1 N–H and O–H groups in total. The van der Waals surface area contributed by atoms with Crippen LogP contribution < -0.4 is 14.8 Å². The van der Waals surface area contributed by atoms with E-state index in [9.17, 15) is 0 Å². The lowest BCUT2D eigenvalue weighted by Crippen LogP contribution is -2.00. The van der Waals surface area contributed by atoms with E-state index < -0.39 is 0 Å². The van der Waals surface area contributed by atoms with Crippen LogP contribution in [0.2, 0.25) is 5.02 Å². The number of methoxy groups -OCH3 is 2. The van der Waals surface area contributed by atoms with Crippen LogP contribution in [0, 0.1) is 0 Å². The Kier molecular flexibility index (Phi) is 4.96. The number of hydrogen-bond acceptors (Lipinski definition) is 4. The number of ether oxygens (including phenoxy) is 2. The van der Waals surface area contributed by atoms with Crippen molar-refractivity contribution in [2.45, 2.75) is 6.54 Å². The van der Waals surface area contributed by atoms with Gasteiger partial charge in [0.25, 0.3) is 0 Å². The zero-order valence-electron chi connectivity index (χ0n) is 10.5. The van der Waals surface area contributed by atoms with Gasteiger partial charge in [-0.3, -0.25) is 0 Å². The van der Waals surface area contributed by atoms with Gasteiger partial charge >= 0.3 is 0 Å². The SMILES string of the molecule is COc1cc(NCc2cc(Br)cs2)c(OC)cc1Cl. The van der Waals surface area contributed by atoms with Crippen molar-refractivity contribution in [3.05, 3.63) is 38.0 Å². The Bertz CT molecular complexity index is 574. The highest BCUT2D eigenvalue weighted by Gasteiger charge is 2.10. The third-order valence-electron chi connectivity index (χ3n) is 2.55. The molecule has 1 aromatic heterocycles. The molecule has 0 fully saturated rings. The summed E-state index contributed by atoms with van der Waals surface area (Å²) in [4.78, 5) is 1.22. The Labute approximate surface area is 129 Å². The zero-order valence-corrected chi connectivity index (χ0v) is 13.7. The zero-order chi connectivity index (χ0) is 13.8. The lowest BCUT2D eigenvalue weighted by Gasteiger charge is -2.13. The van der Waals surface area contributed by atoms with Crippen molar-refractivity contribution >= 4 is 44.6 Å². The number of nitrogens with one attached hydrogen (secondary N) is 1. The standard InChI is InChI=1S/C13H13BrClNO2S/c1-17-12-5-11(13(18-2)4-10(12)15)16-6-9-3-8(14)7-19-9/h3-5,7,16H,6H2,1-2H3. The molecule has 0 bridgehead atoms. The van der Waals surface area contributed by atoms with Gasteiger partial charge in [0.05, 0.1) is 24.9 Å². The van der Waals surface area contributed by atoms with E-state index >= 15 is 0 Å². The molecule has 2 rings (SSSR count). The van der Waals surface area contributed by atoms with Crippen molar-refractivity contribution < 1.29 is 9.47 Å². The minimum atomic E-state index is 0.531. The lowest BCUT2D eigenvalue weighted by atomic mass is 10.2. The van der Waals surface area contributed by atoms with Gasteiger partial charge in [-0.25, -0.2) is 0 Å². The van der Waals surface area contributed by atoms with Crippen LogP contribution in [0.15, 0.2) is 28.1 Å². The summed E-state index contributed by atoms with van der Waals surface area (Å²) in [6, 6.07) is 5.66. The van der Waals surface area contributed by atoms with Gasteiger partial charge in [0.2, 0.25) is 0 Å². The molecule has 0 atom stereocenters. The molecule has 0 unspecified atom stereocenters. The minimum Gasteiger partial charge on any atom is -0.495 e. The highest BCUT2D eigenvalue weighted by atomic mass is 79.9. The summed E-state index contributed by atoms with van der Waals surface area (Å²) < 4.78 is 11.6. The predicted octanol–water partition coefficient (Wildman–Crippen LogP) is 4.79. The van der Waals surface area contributed by atoms with Gasteiger partial charge in [-0.15, -0.1) is 11.3 Å². The van der Waals surface area contributed by atoms with E-state index in [0.717, 1.165) is 16.7 Å². The fourth-order valence-electron chi connectivity index (χ4n) is 1.63. The molecule has 1 heterocycles. The van der Waals surface area contributed by atoms with E-state index in [4.69, 9.17) is 21.1 Å². The molecule has 102 valence electrons. The predicted molar refractivity (Wildman–Crippen MR) is 83.9 cm³/mol. The van der Waals surface area contributed by atoms with Gasteiger partial charge in [-0.1, -0.05) is 11.6 Å². The van der Waals surface area contributed by atoms with Crippen molar-refractivity contribution in [3.8, 4) is 11.5 Å². The molecule has 0 aliphatic rings. The fourth-order valence-corrected chi connectivity index (χ4v) is 3.25. The molecular formula is C13H13BrClNO2S. The van der Waals surface area contributed by atoms with E-state index in [-0.39, 0.29) is 0 Å². The molecule has 0 aliphatic heterocycles. The normalized spacial score (nSPS) is 10.3. The molecule has 19 heavy (non-hydrogen) atoms. The molecule has 0 amide bonds. The maximum atomic E-state index is 6.06. The van der Waals surface area contributed by atoms with Gasteiger partial charge in [-0.05, 0) is 22.0 Å². The Hall–Kier alpha value is -0.910. The number of hydrogen-bond donors (Lipinski definition) is 1. The summed E-state index contributed by atoms with van der Waals surface area (Å²) in [5.41, 5.74) is 0.855. The van der Waals surface area contributed by atoms with Gasteiger partial charge < -0.3 is 14.8 Å². The molecule has 2 aromatic rings. The monoisotopic (exact) mass is 361 g/mol. The van der Waals surface area contributed by atoms with E-state index in [0.29, 0.717) is 16.5 Å². The van der Waals surface area contributed by atoms with Gasteiger partial charge in [0.15, 0.2) is 0 Å².